The monoisotopic (exact) mass is 504 g/mol. The van der Waals surface area contributed by atoms with Crippen LogP contribution in [0.25, 0.3) is 0 Å². The van der Waals surface area contributed by atoms with Gasteiger partial charge < -0.3 is 29.1 Å². The number of rotatable bonds is 5. The number of ether oxygens (including phenoxy) is 3. The molecule has 0 saturated carbocycles. The summed E-state index contributed by atoms with van der Waals surface area (Å²) in [5.41, 5.74) is 1.94. The minimum absolute atomic E-state index is 0.00391. The molecule has 4 rings (SSSR count). The van der Waals surface area contributed by atoms with Crippen molar-refractivity contribution in [3.05, 3.63) is 71.8 Å². The third kappa shape index (κ3) is 8.19. The van der Waals surface area contributed by atoms with Gasteiger partial charge in [0, 0.05) is 0 Å². The lowest BCUT2D eigenvalue weighted by Gasteiger charge is -2.37. The molecular weight excluding hydrogens is 476 g/mol. The highest BCUT2D eigenvalue weighted by atomic mass is 32.2. The second kappa shape index (κ2) is 13.2. The lowest BCUT2D eigenvalue weighted by atomic mass is 10.2. The lowest BCUT2D eigenvalue weighted by molar-refractivity contribution is -0.00405. The van der Waals surface area contributed by atoms with Crippen LogP contribution in [0.5, 0.6) is 0 Å². The molecule has 0 bridgehead atoms. The molecule has 0 atom stereocenters. The van der Waals surface area contributed by atoms with Crippen LogP contribution in [0.15, 0.2) is 60.7 Å². The number of hydrogen-bond donors (Lipinski definition) is 1. The molecule has 10 heteroatoms. The average molecular weight is 505 g/mol. The maximum atomic E-state index is 11.7. The molecule has 2 fully saturated rings. The fourth-order valence-corrected chi connectivity index (χ4v) is 3.44. The van der Waals surface area contributed by atoms with Gasteiger partial charge in [0.2, 0.25) is 4.38 Å². The second-order valence-corrected chi connectivity index (χ2v) is 9.15. The molecule has 2 aromatic carbocycles. The molecule has 0 spiro atoms. The van der Waals surface area contributed by atoms with E-state index in [1.54, 1.807) is 4.90 Å². The SMILES string of the molecule is CSC(=S)OC1CN(C(=O)OCc2ccccc2)C1.O=C(OCc1ccccc1)N1CC(O)C1. The molecule has 182 valence electrons. The van der Waals surface area contributed by atoms with Crippen LogP contribution in [0, 0.1) is 0 Å². The predicted octanol–water partition coefficient (Wildman–Crippen LogP) is 3.67. The smallest absolute Gasteiger partial charge is 0.410 e. The van der Waals surface area contributed by atoms with Gasteiger partial charge in [0.15, 0.2) is 0 Å². The van der Waals surface area contributed by atoms with E-state index >= 15 is 0 Å². The van der Waals surface area contributed by atoms with E-state index in [2.05, 4.69) is 0 Å². The Bertz CT molecular complexity index is 935. The summed E-state index contributed by atoms with van der Waals surface area (Å²) in [6.45, 7) is 2.42. The van der Waals surface area contributed by atoms with E-state index in [-0.39, 0.29) is 31.0 Å². The van der Waals surface area contributed by atoms with Crippen molar-refractivity contribution in [1.29, 1.82) is 0 Å². The number of benzene rings is 2. The van der Waals surface area contributed by atoms with E-state index in [0.29, 0.717) is 37.2 Å². The van der Waals surface area contributed by atoms with Crippen LogP contribution in [-0.4, -0.2) is 76.1 Å². The zero-order valence-corrected chi connectivity index (χ0v) is 20.5. The molecule has 1 N–H and O–H groups in total. The number of amides is 2. The fraction of sp³-hybridized carbons (Fsp3) is 0.375. The van der Waals surface area contributed by atoms with Gasteiger partial charge in [0.1, 0.15) is 19.3 Å². The molecule has 2 aliphatic rings. The molecule has 0 unspecified atom stereocenters. The molecule has 0 radical (unpaired) electrons. The first-order valence-electron chi connectivity index (χ1n) is 10.8. The summed E-state index contributed by atoms with van der Waals surface area (Å²) in [5.74, 6) is 0. The molecule has 8 nitrogen and oxygen atoms in total. The number of aliphatic hydroxyl groups is 1. The summed E-state index contributed by atoms with van der Waals surface area (Å²) >= 11 is 6.35. The molecule has 2 amide bonds. The van der Waals surface area contributed by atoms with Gasteiger partial charge in [0.05, 0.1) is 32.3 Å². The first kappa shape index (κ1) is 25.8. The zero-order valence-electron chi connectivity index (χ0n) is 18.9. The molecule has 2 aliphatic heterocycles. The molecule has 0 aromatic heterocycles. The lowest BCUT2D eigenvalue weighted by Crippen LogP contribution is -2.55. The van der Waals surface area contributed by atoms with Crippen LogP contribution in [0.4, 0.5) is 9.59 Å². The number of carbonyl (C=O) groups is 2. The molecule has 2 aromatic rings. The third-order valence-electron chi connectivity index (χ3n) is 5.07. The van der Waals surface area contributed by atoms with Crippen molar-refractivity contribution in [3.8, 4) is 0 Å². The largest absolute Gasteiger partial charge is 0.471 e. The van der Waals surface area contributed by atoms with E-state index in [1.165, 1.54) is 16.7 Å². The van der Waals surface area contributed by atoms with Crippen LogP contribution < -0.4 is 0 Å². The van der Waals surface area contributed by atoms with E-state index in [0.717, 1.165) is 11.1 Å². The third-order valence-corrected chi connectivity index (χ3v) is 6.09. The highest BCUT2D eigenvalue weighted by molar-refractivity contribution is 8.22. The van der Waals surface area contributed by atoms with E-state index in [9.17, 15) is 9.59 Å². The van der Waals surface area contributed by atoms with Gasteiger partial charge in [-0.3, -0.25) is 0 Å². The molecule has 0 aliphatic carbocycles. The summed E-state index contributed by atoms with van der Waals surface area (Å²) in [6.07, 6.45) is 0.828. The summed E-state index contributed by atoms with van der Waals surface area (Å²) in [5, 5.41) is 9.00. The van der Waals surface area contributed by atoms with Crippen LogP contribution >= 0.6 is 24.0 Å². The number of thioether (sulfide) groups is 1. The Balaban J connectivity index is 0.000000196. The minimum atomic E-state index is -0.380. The number of carbonyl (C=O) groups excluding carboxylic acids is 2. The van der Waals surface area contributed by atoms with E-state index < -0.39 is 0 Å². The number of hydrogen-bond acceptors (Lipinski definition) is 8. The van der Waals surface area contributed by atoms with Crippen molar-refractivity contribution < 1.29 is 28.9 Å². The maximum Gasteiger partial charge on any atom is 0.410 e. The standard InChI is InChI=1S/C13H15NO3S2.C11H13NO3/c1-19-13(18)17-11-7-14(8-11)12(15)16-9-10-5-3-2-4-6-10;13-10-6-12(7-10)11(14)15-8-9-4-2-1-3-5-9/h2-6,11H,7-9H2,1H3;1-5,10,13H,6-8H2. The summed E-state index contributed by atoms with van der Waals surface area (Å²) < 4.78 is 16.2. The van der Waals surface area contributed by atoms with Gasteiger partial charge in [-0.2, -0.15) is 0 Å². The van der Waals surface area contributed by atoms with Crippen molar-refractivity contribution >= 4 is 40.5 Å². The summed E-state index contributed by atoms with van der Waals surface area (Å²) in [4.78, 5) is 26.1. The number of thiocarbonyl (C=S) groups is 1. The van der Waals surface area contributed by atoms with Crippen LogP contribution in [-0.2, 0) is 27.4 Å². The van der Waals surface area contributed by atoms with Crippen molar-refractivity contribution in [2.24, 2.45) is 0 Å². The Labute approximate surface area is 208 Å². The van der Waals surface area contributed by atoms with Crippen molar-refractivity contribution in [1.82, 2.24) is 9.80 Å². The van der Waals surface area contributed by atoms with Crippen molar-refractivity contribution in [2.75, 3.05) is 32.4 Å². The number of likely N-dealkylation sites (tertiary alicyclic amines) is 2. The molecule has 2 saturated heterocycles. The van der Waals surface area contributed by atoms with Crippen molar-refractivity contribution in [3.63, 3.8) is 0 Å². The van der Waals surface area contributed by atoms with Gasteiger partial charge in [-0.05, 0) is 29.6 Å². The van der Waals surface area contributed by atoms with Gasteiger partial charge in [-0.15, -0.1) is 0 Å². The molecule has 34 heavy (non-hydrogen) atoms. The Morgan fingerprint density at radius 1 is 0.882 bits per heavy atom. The normalized spacial score (nSPS) is 15.2. The van der Waals surface area contributed by atoms with Gasteiger partial charge in [-0.25, -0.2) is 9.59 Å². The molecular formula is C24H28N2O6S2. The first-order chi connectivity index (χ1) is 16.4. The van der Waals surface area contributed by atoms with E-state index in [4.69, 9.17) is 31.5 Å². The first-order valence-corrected chi connectivity index (χ1v) is 12.4. The average Bonchev–Trinajstić information content (AvgIpc) is 2.82. The quantitative estimate of drug-likeness (QED) is 0.617. The Morgan fingerprint density at radius 2 is 1.32 bits per heavy atom. The van der Waals surface area contributed by atoms with Crippen molar-refractivity contribution in [2.45, 2.75) is 25.4 Å². The number of β-amino-alcohol motifs (C(OH)–C–C–N with tert-alkyl or cyclic N) is 1. The fourth-order valence-electron chi connectivity index (χ4n) is 3.07. The number of aliphatic hydroxyl groups excluding tert-OH is 1. The Hall–Kier alpha value is -2.82. The Kier molecular flexibility index (Phi) is 9.99. The maximum absolute atomic E-state index is 11.7. The highest BCUT2D eigenvalue weighted by Gasteiger charge is 2.33. The van der Waals surface area contributed by atoms with Gasteiger partial charge in [-0.1, -0.05) is 72.4 Å². The topological polar surface area (TPSA) is 88.5 Å². The van der Waals surface area contributed by atoms with Gasteiger partial charge >= 0.3 is 12.2 Å². The summed E-state index contributed by atoms with van der Waals surface area (Å²) in [6, 6.07) is 19.1. The second-order valence-electron chi connectivity index (χ2n) is 7.74. The predicted molar refractivity (Wildman–Crippen MR) is 133 cm³/mol. The van der Waals surface area contributed by atoms with Crippen LogP contribution in [0.2, 0.25) is 0 Å². The van der Waals surface area contributed by atoms with Crippen LogP contribution in [0.3, 0.4) is 0 Å². The van der Waals surface area contributed by atoms with E-state index in [1.807, 2.05) is 66.9 Å². The zero-order chi connectivity index (χ0) is 24.3. The summed E-state index contributed by atoms with van der Waals surface area (Å²) in [7, 11) is 0. The van der Waals surface area contributed by atoms with Crippen LogP contribution in [0.1, 0.15) is 11.1 Å². The minimum Gasteiger partial charge on any atom is -0.471 e. The molecule has 2 heterocycles. The highest BCUT2D eigenvalue weighted by Crippen LogP contribution is 2.16. The van der Waals surface area contributed by atoms with Gasteiger partial charge in [0.25, 0.3) is 0 Å². The number of nitrogens with zero attached hydrogens (tertiary/aromatic N) is 2. The Morgan fingerprint density at radius 3 is 1.74 bits per heavy atom.